The topological polar surface area (TPSA) is 119 Å². The van der Waals surface area contributed by atoms with Gasteiger partial charge in [-0.3, -0.25) is 0 Å². The highest BCUT2D eigenvalue weighted by molar-refractivity contribution is 7.26. The van der Waals surface area contributed by atoms with E-state index in [9.17, 15) is 0 Å². The maximum Gasteiger partial charge on any atom is 0.350 e. The van der Waals surface area contributed by atoms with Gasteiger partial charge in [-0.1, -0.05) is 22.9 Å². The third-order valence-corrected chi connectivity index (χ3v) is 12.3. The second-order valence-corrected chi connectivity index (χ2v) is 15.6. The van der Waals surface area contributed by atoms with Crippen LogP contribution in [-0.4, -0.2) is 11.5 Å². The van der Waals surface area contributed by atoms with E-state index in [0.717, 1.165) is 63.0 Å². The predicted molar refractivity (Wildman–Crippen MR) is 185 cm³/mol. The van der Waals surface area contributed by atoms with Gasteiger partial charge in [-0.15, -0.1) is 34.0 Å². The Balaban J connectivity index is 1.30. The number of hydrogen-bond donors (Lipinski definition) is 0. The van der Waals surface area contributed by atoms with Crippen molar-refractivity contribution in [3.8, 4) is 70.1 Å². The number of aliphatic imine (C=N–C) groups is 2. The number of nitriles is 3. The standard InChI is InChI=1S/C34H20N6O2S4/c1-33(2)20-12-26(24-6-8-29(43-24)39-17(14-35)15-36)45-31(20)18-10-23-19(11-22(18)41-33)32-21(34(3,4)42-23)13-27(46-32)25-7-9-30(44-25)40-28(16-37)38-5/h6-13H,1-4H3. The number of fused-ring (bicyclic) bond motifs is 6. The Morgan fingerprint density at radius 2 is 1.15 bits per heavy atom. The smallest absolute Gasteiger partial charge is 0.350 e. The maximum atomic E-state index is 9.11. The Morgan fingerprint density at radius 1 is 0.674 bits per heavy atom. The lowest BCUT2D eigenvalue weighted by molar-refractivity contribution is 0.100. The minimum atomic E-state index is -0.585. The highest BCUT2D eigenvalue weighted by Gasteiger charge is 2.40. The number of amidine groups is 1. The van der Waals surface area contributed by atoms with Crippen molar-refractivity contribution >= 4 is 66.9 Å². The molecule has 0 amide bonds. The summed E-state index contributed by atoms with van der Waals surface area (Å²) in [7, 11) is 0. The van der Waals surface area contributed by atoms with E-state index in [-0.39, 0.29) is 11.5 Å². The fourth-order valence-electron chi connectivity index (χ4n) is 5.47. The lowest BCUT2D eigenvalue weighted by Gasteiger charge is -2.36. The molecule has 0 radical (unpaired) electrons. The molecular weight excluding hydrogens is 653 g/mol. The van der Waals surface area contributed by atoms with Gasteiger partial charge in [-0.25, -0.2) is 10.3 Å². The molecule has 4 aromatic heterocycles. The van der Waals surface area contributed by atoms with Gasteiger partial charge in [0.1, 0.15) is 45.9 Å². The van der Waals surface area contributed by atoms with Crippen molar-refractivity contribution < 1.29 is 9.47 Å². The van der Waals surface area contributed by atoms with Crippen LogP contribution in [0.4, 0.5) is 10.0 Å². The van der Waals surface area contributed by atoms with Crippen molar-refractivity contribution in [2.24, 2.45) is 9.98 Å². The highest BCUT2D eigenvalue weighted by Crippen LogP contribution is 2.58. The van der Waals surface area contributed by atoms with E-state index in [1.165, 1.54) is 22.7 Å². The molecule has 2 aliphatic rings. The van der Waals surface area contributed by atoms with Gasteiger partial charge >= 0.3 is 5.84 Å². The maximum absolute atomic E-state index is 9.11. The van der Waals surface area contributed by atoms with E-state index in [0.29, 0.717) is 10.0 Å². The van der Waals surface area contributed by atoms with Crippen LogP contribution in [0.1, 0.15) is 38.8 Å². The fourth-order valence-corrected chi connectivity index (χ4v) is 10.0. The van der Waals surface area contributed by atoms with Gasteiger partial charge in [0.05, 0.1) is 0 Å². The van der Waals surface area contributed by atoms with Gasteiger partial charge in [-0.05, 0) is 76.2 Å². The van der Waals surface area contributed by atoms with Crippen LogP contribution < -0.4 is 9.47 Å². The third-order valence-electron chi connectivity index (χ3n) is 7.59. The van der Waals surface area contributed by atoms with Crippen molar-refractivity contribution in [1.29, 1.82) is 15.8 Å². The van der Waals surface area contributed by atoms with Gasteiger partial charge in [0.25, 0.3) is 0 Å². The van der Waals surface area contributed by atoms with Gasteiger partial charge in [0.15, 0.2) is 0 Å². The number of hydrogen-bond acceptors (Lipinski definition) is 11. The molecule has 0 unspecified atom stereocenters. The largest absolute Gasteiger partial charge is 0.482 e. The lowest BCUT2D eigenvalue weighted by atomic mass is 9.88. The Morgan fingerprint density at radius 3 is 1.59 bits per heavy atom. The van der Waals surface area contributed by atoms with E-state index in [2.05, 4.69) is 66.8 Å². The first kappa shape index (κ1) is 29.6. The summed E-state index contributed by atoms with van der Waals surface area (Å²) in [5, 5.41) is 28.5. The summed E-state index contributed by atoms with van der Waals surface area (Å²) < 4.78 is 13.3. The van der Waals surface area contributed by atoms with Crippen LogP contribution in [-0.2, 0) is 11.2 Å². The van der Waals surface area contributed by atoms with Gasteiger partial charge in [-0.2, -0.15) is 10.5 Å². The number of benzene rings is 1. The molecule has 8 nitrogen and oxygen atoms in total. The highest BCUT2D eigenvalue weighted by atomic mass is 32.1. The Kier molecular flexibility index (Phi) is 6.94. The van der Waals surface area contributed by atoms with E-state index in [1.54, 1.807) is 22.7 Å². The summed E-state index contributed by atoms with van der Waals surface area (Å²) in [5.41, 5.74) is 2.77. The first-order valence-electron chi connectivity index (χ1n) is 13.8. The molecule has 0 aliphatic carbocycles. The average Bonchev–Trinajstić information content (AvgIpc) is 3.84. The zero-order valence-corrected chi connectivity index (χ0v) is 28.0. The summed E-state index contributed by atoms with van der Waals surface area (Å²) in [4.78, 5) is 17.8. The second-order valence-electron chi connectivity index (χ2n) is 11.4. The van der Waals surface area contributed by atoms with Crippen molar-refractivity contribution in [1.82, 2.24) is 0 Å². The number of ether oxygens (including phenoxy) is 2. The molecule has 0 saturated heterocycles. The molecular formula is C34H20N6O2S4. The zero-order valence-electron chi connectivity index (χ0n) is 24.8. The summed E-state index contributed by atoms with van der Waals surface area (Å²) in [6, 6.07) is 21.5. The van der Waals surface area contributed by atoms with Crippen LogP contribution in [0.15, 0.2) is 58.5 Å². The van der Waals surface area contributed by atoms with E-state index in [1.807, 2.05) is 42.5 Å². The molecule has 1 aromatic carbocycles. The first-order valence-corrected chi connectivity index (χ1v) is 17.1. The molecule has 7 rings (SSSR count). The van der Waals surface area contributed by atoms with E-state index >= 15 is 0 Å². The Hall–Kier alpha value is -5.08. The number of rotatable bonds is 4. The van der Waals surface area contributed by atoms with Gasteiger partial charge < -0.3 is 14.3 Å². The second kappa shape index (κ2) is 10.8. The normalized spacial score (nSPS) is 14.8. The monoisotopic (exact) mass is 672 g/mol. The third kappa shape index (κ3) is 4.90. The molecule has 0 saturated carbocycles. The predicted octanol–water partition coefficient (Wildman–Crippen LogP) is 10.4. The number of nitrogens with zero attached hydrogens (tertiary/aromatic N) is 6. The van der Waals surface area contributed by atoms with Crippen molar-refractivity contribution in [3.63, 3.8) is 0 Å². The Labute approximate surface area is 280 Å². The number of thiophene rings is 4. The molecule has 0 N–H and O–H groups in total. The summed E-state index contributed by atoms with van der Waals surface area (Å²) in [6.07, 6.45) is 0. The molecule has 2 aliphatic heterocycles. The van der Waals surface area contributed by atoms with E-state index in [4.69, 9.17) is 31.8 Å². The summed E-state index contributed by atoms with van der Waals surface area (Å²) in [6.45, 7) is 15.4. The minimum Gasteiger partial charge on any atom is -0.482 e. The van der Waals surface area contributed by atoms with Gasteiger partial charge in [0.2, 0.25) is 10.7 Å². The Bertz CT molecular complexity index is 2140. The lowest BCUT2D eigenvalue weighted by Crippen LogP contribution is -2.30. The van der Waals surface area contributed by atoms with Crippen LogP contribution in [0.25, 0.3) is 45.2 Å². The fraction of sp³-hybridized carbons (Fsp3) is 0.176. The zero-order chi connectivity index (χ0) is 32.4. The first-order chi connectivity index (χ1) is 22.0. The van der Waals surface area contributed by atoms with Crippen LogP contribution in [0.2, 0.25) is 0 Å². The molecule has 222 valence electrons. The van der Waals surface area contributed by atoms with Crippen LogP contribution in [0.3, 0.4) is 0 Å². The van der Waals surface area contributed by atoms with Crippen LogP contribution in [0, 0.1) is 40.6 Å². The molecule has 0 spiro atoms. The van der Waals surface area contributed by atoms with Crippen molar-refractivity contribution in [2.75, 3.05) is 0 Å². The van der Waals surface area contributed by atoms with Gasteiger partial charge in [0, 0.05) is 51.5 Å². The summed E-state index contributed by atoms with van der Waals surface area (Å²) >= 11 is 6.23. The molecule has 0 bridgehead atoms. The quantitative estimate of drug-likeness (QED) is 0.107. The summed E-state index contributed by atoms with van der Waals surface area (Å²) in [5.74, 6) is 1.39. The molecule has 0 fully saturated rings. The van der Waals surface area contributed by atoms with E-state index < -0.39 is 11.2 Å². The van der Waals surface area contributed by atoms with Crippen LogP contribution in [0.5, 0.6) is 11.5 Å². The SMILES string of the molecule is [C-]#[N+]C(C#N)=Nc1ccc(-c2cc3c(s2)-c2cc4c(cc2OC3(C)C)-c2sc(-c3ccc(N=C(C#N)C#N)s3)cc2C(C)(C)O4)s1. The molecule has 6 heterocycles. The van der Waals surface area contributed by atoms with Crippen molar-refractivity contribution in [2.45, 2.75) is 38.9 Å². The molecule has 0 atom stereocenters. The molecule has 46 heavy (non-hydrogen) atoms. The molecule has 5 aromatic rings. The average molecular weight is 673 g/mol. The molecule has 12 heteroatoms. The van der Waals surface area contributed by atoms with Crippen molar-refractivity contribution in [3.05, 3.63) is 71.1 Å². The minimum absolute atomic E-state index is 0.170. The van der Waals surface area contributed by atoms with Crippen LogP contribution >= 0.6 is 45.3 Å².